The van der Waals surface area contributed by atoms with Gasteiger partial charge in [-0.2, -0.15) is 0 Å². The summed E-state index contributed by atoms with van der Waals surface area (Å²) in [6.45, 7) is 33.4. The summed E-state index contributed by atoms with van der Waals surface area (Å²) in [6, 6.07) is 25.7. The van der Waals surface area contributed by atoms with Crippen LogP contribution in [-0.4, -0.2) is 103 Å². The summed E-state index contributed by atoms with van der Waals surface area (Å²) in [5.74, 6) is 5.09. The summed E-state index contributed by atoms with van der Waals surface area (Å²) in [5, 5.41) is 2.19. The van der Waals surface area contributed by atoms with Gasteiger partial charge in [-0.15, -0.1) is 0 Å². The normalized spacial score (nSPS) is 18.3. The maximum Gasteiger partial charge on any atom is 0.342 e. The minimum absolute atomic E-state index is 0.00551. The molecule has 1 aliphatic heterocycles. The van der Waals surface area contributed by atoms with Crippen LogP contribution in [0.4, 0.5) is 0 Å². The number of hydrogen-bond donors (Lipinski definition) is 1. The Bertz CT molecular complexity index is 2390. The maximum absolute atomic E-state index is 14.1. The average molecular weight is 1050 g/mol. The number of carbonyl (C=O) groups is 1. The van der Waals surface area contributed by atoms with E-state index in [0.29, 0.717) is 23.3 Å². The van der Waals surface area contributed by atoms with Crippen molar-refractivity contribution in [2.45, 2.75) is 161 Å². The molecule has 1 fully saturated rings. The van der Waals surface area contributed by atoms with Gasteiger partial charge in [0.2, 0.25) is 10.0 Å². The zero-order valence-electron chi connectivity index (χ0n) is 45.9. The van der Waals surface area contributed by atoms with Crippen molar-refractivity contribution in [3.8, 4) is 17.6 Å². The van der Waals surface area contributed by atoms with Crippen molar-refractivity contribution >= 4 is 57.2 Å². The predicted molar refractivity (Wildman–Crippen MR) is 298 cm³/mol. The van der Waals surface area contributed by atoms with Crippen LogP contribution < -0.4 is 19.8 Å². The molecule has 4 rings (SSSR count). The second kappa shape index (κ2) is 25.0. The Hall–Kier alpha value is -3.67. The monoisotopic (exact) mass is 1050 g/mol. The number of sulfonamides is 1. The van der Waals surface area contributed by atoms with E-state index >= 15 is 0 Å². The first-order valence-corrected chi connectivity index (χ1v) is 35.4. The van der Waals surface area contributed by atoms with Gasteiger partial charge < -0.3 is 32.5 Å². The lowest BCUT2D eigenvalue weighted by Gasteiger charge is -2.45. The maximum atomic E-state index is 14.1. The molecule has 1 heterocycles. The number of esters is 1. The first-order chi connectivity index (χ1) is 32.9. The zero-order chi connectivity index (χ0) is 53.1. The summed E-state index contributed by atoms with van der Waals surface area (Å²) in [7, 11) is -8.63. The van der Waals surface area contributed by atoms with Crippen LogP contribution in [0, 0.1) is 17.8 Å². The topological polar surface area (TPSA) is 128 Å². The van der Waals surface area contributed by atoms with E-state index in [0.717, 1.165) is 12.3 Å². The Labute approximate surface area is 431 Å². The van der Waals surface area contributed by atoms with Gasteiger partial charge in [0.25, 0.3) is 8.32 Å². The molecule has 0 radical (unpaired) electrons. The first-order valence-electron chi connectivity index (χ1n) is 25.0. The fourth-order valence-corrected chi connectivity index (χ4v) is 15.4. The summed E-state index contributed by atoms with van der Waals surface area (Å²) in [5.41, 5.74) is 1.28. The second-order valence-electron chi connectivity index (χ2n) is 23.0. The standard InChI is InChI=1S/C56H85NO10SSi3/c1-42(43(2)66-71(55(6,7)8,45-28-20-18-21-29-45)46-30-22-19-23-31-46)34-36-50(67-70(16,17)54(3,4)5)52-49(64-56(9,10)65-52)33-26-32-47-44(27-24-25-38-57-68(12,59)60)35-37-48(63-41-61-11)51(47)53(58)62-39-40-69(13,14)15/h18-23,26,28-32,34-37,42-43,49-50,52,57H,25,33,38-41H2,1-17H3/b32-26+,36-34-/t42-,43+,49+,50?,52+/m1/s1. The molecule has 3 aromatic rings. The smallest absolute Gasteiger partial charge is 0.342 e. The summed E-state index contributed by atoms with van der Waals surface area (Å²) < 4.78 is 71.5. The molecule has 392 valence electrons. The highest BCUT2D eigenvalue weighted by atomic mass is 32.2. The molecule has 0 aromatic heterocycles. The number of carbonyl (C=O) groups excluding carboxylic acids is 1. The van der Waals surface area contributed by atoms with Crippen LogP contribution in [-0.2, 0) is 37.8 Å². The predicted octanol–water partition coefficient (Wildman–Crippen LogP) is 10.9. The molecule has 3 aromatic carbocycles. The Morgan fingerprint density at radius 2 is 1.46 bits per heavy atom. The molecule has 15 heteroatoms. The summed E-state index contributed by atoms with van der Waals surface area (Å²) in [4.78, 5) is 14.1. The highest BCUT2D eigenvalue weighted by Gasteiger charge is 2.52. The quantitative estimate of drug-likeness (QED) is 0.0245. The van der Waals surface area contributed by atoms with Gasteiger partial charge in [0.1, 0.15) is 17.4 Å². The molecular weight excluding hydrogens is 963 g/mol. The molecule has 0 saturated carbocycles. The van der Waals surface area contributed by atoms with Crippen LogP contribution in [0.2, 0.25) is 48.9 Å². The molecule has 71 heavy (non-hydrogen) atoms. The van der Waals surface area contributed by atoms with E-state index in [-0.39, 0.29) is 54.0 Å². The number of nitrogens with one attached hydrogen (secondary N) is 1. The molecule has 0 amide bonds. The van der Waals surface area contributed by atoms with Crippen molar-refractivity contribution in [1.29, 1.82) is 0 Å². The highest BCUT2D eigenvalue weighted by Crippen LogP contribution is 2.42. The summed E-state index contributed by atoms with van der Waals surface area (Å²) in [6.07, 6.45) is 8.43. The van der Waals surface area contributed by atoms with Crippen LogP contribution in [0.5, 0.6) is 5.75 Å². The Kier molecular flexibility index (Phi) is 21.1. The van der Waals surface area contributed by atoms with Gasteiger partial charge in [-0.3, -0.25) is 0 Å². The lowest BCUT2D eigenvalue weighted by Crippen LogP contribution is -2.67. The Morgan fingerprint density at radius 1 is 0.859 bits per heavy atom. The molecule has 1 aliphatic rings. The third kappa shape index (κ3) is 17.2. The molecule has 5 atom stereocenters. The number of benzene rings is 3. The number of rotatable bonds is 23. The molecule has 1 N–H and O–H groups in total. The van der Waals surface area contributed by atoms with Crippen LogP contribution in [0.3, 0.4) is 0 Å². The third-order valence-corrected chi connectivity index (χ3v) is 25.3. The average Bonchev–Trinajstić information content (AvgIpc) is 3.58. The SMILES string of the molecule is COCOc1ccc(C#CCCNS(C)(=O)=O)c(/C=C/C[C@@H]2OC(C)(C)O[C@@H]2C(/C=C\[C@@H](C)[C@H](C)O[Si](c2ccccc2)(c2ccccc2)C(C)(C)C)O[Si](C)(C)C(C)(C)C)c1C(=O)OCC[Si](C)(C)C. The molecule has 0 spiro atoms. The minimum atomic E-state index is -3.38. The van der Waals surface area contributed by atoms with E-state index in [1.807, 2.05) is 26.0 Å². The van der Waals surface area contributed by atoms with Gasteiger partial charge in [-0.1, -0.05) is 165 Å². The molecule has 0 bridgehead atoms. The Morgan fingerprint density at radius 3 is 2.00 bits per heavy atom. The van der Waals surface area contributed by atoms with Crippen molar-refractivity contribution in [3.05, 3.63) is 108 Å². The lowest BCUT2D eigenvalue weighted by atomic mass is 9.97. The van der Waals surface area contributed by atoms with E-state index in [4.69, 9.17) is 32.5 Å². The Balaban J connectivity index is 1.77. The zero-order valence-corrected chi connectivity index (χ0v) is 49.7. The van der Waals surface area contributed by atoms with E-state index < -0.39 is 64.8 Å². The second-order valence-corrected chi connectivity index (χ2v) is 39.4. The first kappa shape index (κ1) is 59.9. The number of ether oxygens (including phenoxy) is 5. The van der Waals surface area contributed by atoms with E-state index in [1.165, 1.54) is 17.5 Å². The molecular formula is C56H85NO10SSi3. The third-order valence-electron chi connectivity index (χ3n) is 13.2. The molecule has 0 aliphatic carbocycles. The lowest BCUT2D eigenvalue weighted by molar-refractivity contribution is -0.151. The van der Waals surface area contributed by atoms with Crippen molar-refractivity contribution in [3.63, 3.8) is 0 Å². The molecule has 11 nitrogen and oxygen atoms in total. The van der Waals surface area contributed by atoms with E-state index in [1.54, 1.807) is 12.1 Å². The summed E-state index contributed by atoms with van der Waals surface area (Å²) >= 11 is 0. The van der Waals surface area contributed by atoms with Gasteiger partial charge in [-0.05, 0) is 84.8 Å². The number of methoxy groups -OCH3 is 1. The fraction of sp³-hybridized carbons (Fsp3) is 0.554. The van der Waals surface area contributed by atoms with Gasteiger partial charge >= 0.3 is 5.97 Å². The van der Waals surface area contributed by atoms with Gasteiger partial charge in [0.05, 0.1) is 25.1 Å². The fourth-order valence-electron chi connectivity index (χ4n) is 8.21. The number of hydrogen-bond acceptors (Lipinski definition) is 10. The van der Waals surface area contributed by atoms with Crippen LogP contribution >= 0.6 is 0 Å². The van der Waals surface area contributed by atoms with Crippen molar-refractivity contribution < 1.29 is 45.7 Å². The van der Waals surface area contributed by atoms with Crippen LogP contribution in [0.1, 0.15) is 104 Å². The van der Waals surface area contributed by atoms with Gasteiger partial charge in [-0.25, -0.2) is 17.9 Å². The highest BCUT2D eigenvalue weighted by molar-refractivity contribution is 7.88. The van der Waals surface area contributed by atoms with E-state index in [2.05, 4.69) is 178 Å². The van der Waals surface area contributed by atoms with Crippen LogP contribution in [0.25, 0.3) is 6.08 Å². The van der Waals surface area contributed by atoms with Crippen molar-refractivity contribution in [2.24, 2.45) is 5.92 Å². The van der Waals surface area contributed by atoms with E-state index in [9.17, 15) is 13.2 Å². The minimum Gasteiger partial charge on any atom is -0.467 e. The largest absolute Gasteiger partial charge is 0.467 e. The van der Waals surface area contributed by atoms with Gasteiger partial charge in [0, 0.05) is 45.4 Å². The van der Waals surface area contributed by atoms with Crippen LogP contribution in [0.15, 0.2) is 91.0 Å². The van der Waals surface area contributed by atoms with Crippen molar-refractivity contribution in [1.82, 2.24) is 4.72 Å². The molecule has 1 unspecified atom stereocenters. The molecule has 1 saturated heterocycles. The van der Waals surface area contributed by atoms with Gasteiger partial charge in [0.15, 0.2) is 20.9 Å². The van der Waals surface area contributed by atoms with Crippen molar-refractivity contribution in [2.75, 3.05) is 33.3 Å².